The standard InChI is InChI=1S/C14H21ClN2O2/c1-10(2)8-11-9-12(15)17-13(16-11)14(18-3)4-6-19-7-5-14/h9-10H,4-8H2,1-3H3. The van der Waals surface area contributed by atoms with Crippen LogP contribution in [0.3, 0.4) is 0 Å². The van der Waals surface area contributed by atoms with Gasteiger partial charge in [0.05, 0.1) is 0 Å². The van der Waals surface area contributed by atoms with Crippen LogP contribution >= 0.6 is 11.6 Å². The molecule has 1 aromatic rings. The molecule has 1 saturated heterocycles. The van der Waals surface area contributed by atoms with Crippen molar-refractivity contribution in [2.24, 2.45) is 5.92 Å². The van der Waals surface area contributed by atoms with Crippen LogP contribution in [0.4, 0.5) is 0 Å². The van der Waals surface area contributed by atoms with E-state index in [4.69, 9.17) is 21.1 Å². The summed E-state index contributed by atoms with van der Waals surface area (Å²) in [5, 5.41) is 0.489. The summed E-state index contributed by atoms with van der Waals surface area (Å²) in [4.78, 5) is 9.05. The van der Waals surface area contributed by atoms with Crippen LogP contribution in [0.25, 0.3) is 0 Å². The van der Waals surface area contributed by atoms with Gasteiger partial charge in [0.25, 0.3) is 0 Å². The van der Waals surface area contributed by atoms with Crippen LogP contribution < -0.4 is 0 Å². The Morgan fingerprint density at radius 2 is 2.05 bits per heavy atom. The summed E-state index contributed by atoms with van der Waals surface area (Å²) in [6, 6.07) is 1.84. The Balaban J connectivity index is 2.34. The van der Waals surface area contributed by atoms with E-state index >= 15 is 0 Å². The smallest absolute Gasteiger partial charge is 0.162 e. The van der Waals surface area contributed by atoms with E-state index in [0.29, 0.717) is 30.1 Å². The van der Waals surface area contributed by atoms with Crippen molar-refractivity contribution in [1.82, 2.24) is 9.97 Å². The third-order valence-corrected chi connectivity index (χ3v) is 3.66. The number of rotatable bonds is 4. The molecule has 0 aromatic carbocycles. The monoisotopic (exact) mass is 284 g/mol. The van der Waals surface area contributed by atoms with Gasteiger partial charge in [-0.1, -0.05) is 25.4 Å². The molecule has 0 atom stereocenters. The van der Waals surface area contributed by atoms with Gasteiger partial charge in [0, 0.05) is 38.9 Å². The zero-order chi connectivity index (χ0) is 13.9. The van der Waals surface area contributed by atoms with E-state index in [2.05, 4.69) is 23.8 Å². The summed E-state index contributed by atoms with van der Waals surface area (Å²) in [5.41, 5.74) is 0.530. The van der Waals surface area contributed by atoms with Crippen molar-refractivity contribution >= 4 is 11.6 Å². The van der Waals surface area contributed by atoms with Crippen molar-refractivity contribution in [3.63, 3.8) is 0 Å². The Bertz CT molecular complexity index is 431. The first-order valence-electron chi connectivity index (χ1n) is 6.72. The van der Waals surface area contributed by atoms with Gasteiger partial charge in [-0.2, -0.15) is 0 Å². The topological polar surface area (TPSA) is 44.2 Å². The molecule has 106 valence electrons. The number of hydrogen-bond donors (Lipinski definition) is 0. The molecule has 19 heavy (non-hydrogen) atoms. The van der Waals surface area contributed by atoms with Gasteiger partial charge in [-0.05, 0) is 18.4 Å². The van der Waals surface area contributed by atoms with Crippen LogP contribution in [-0.4, -0.2) is 30.3 Å². The highest BCUT2D eigenvalue weighted by molar-refractivity contribution is 6.29. The van der Waals surface area contributed by atoms with Crippen molar-refractivity contribution in [2.45, 2.75) is 38.7 Å². The molecule has 1 aliphatic rings. The first-order chi connectivity index (χ1) is 9.05. The quantitative estimate of drug-likeness (QED) is 0.798. The lowest BCUT2D eigenvalue weighted by molar-refractivity contribution is -0.100. The van der Waals surface area contributed by atoms with E-state index in [1.54, 1.807) is 7.11 Å². The zero-order valence-corrected chi connectivity index (χ0v) is 12.5. The molecule has 2 heterocycles. The fourth-order valence-corrected chi connectivity index (χ4v) is 2.62. The first-order valence-corrected chi connectivity index (χ1v) is 7.10. The number of nitrogens with zero attached hydrogens (tertiary/aromatic N) is 2. The number of hydrogen-bond acceptors (Lipinski definition) is 4. The predicted molar refractivity (Wildman–Crippen MR) is 74.3 cm³/mol. The molecular weight excluding hydrogens is 264 g/mol. The fourth-order valence-electron chi connectivity index (χ4n) is 2.41. The minimum Gasteiger partial charge on any atom is -0.381 e. The lowest BCUT2D eigenvalue weighted by Gasteiger charge is -2.34. The van der Waals surface area contributed by atoms with Crippen molar-refractivity contribution in [3.8, 4) is 0 Å². The SMILES string of the molecule is COC1(c2nc(Cl)cc(CC(C)C)n2)CCOCC1. The van der Waals surface area contributed by atoms with Gasteiger partial charge >= 0.3 is 0 Å². The molecule has 2 rings (SSSR count). The molecule has 0 unspecified atom stereocenters. The van der Waals surface area contributed by atoms with Gasteiger partial charge in [0.15, 0.2) is 5.82 Å². The fraction of sp³-hybridized carbons (Fsp3) is 0.714. The number of aromatic nitrogens is 2. The number of ether oxygens (including phenoxy) is 2. The lowest BCUT2D eigenvalue weighted by atomic mass is 9.92. The molecule has 0 saturated carbocycles. The van der Waals surface area contributed by atoms with Gasteiger partial charge in [0.1, 0.15) is 10.8 Å². The van der Waals surface area contributed by atoms with Crippen molar-refractivity contribution in [1.29, 1.82) is 0 Å². The average molecular weight is 285 g/mol. The molecule has 5 heteroatoms. The van der Waals surface area contributed by atoms with Crippen LogP contribution in [0.1, 0.15) is 38.2 Å². The Labute approximate surface area is 119 Å². The van der Waals surface area contributed by atoms with Crippen molar-refractivity contribution in [2.75, 3.05) is 20.3 Å². The predicted octanol–water partition coefficient (Wildman–Crippen LogP) is 2.98. The van der Waals surface area contributed by atoms with Crippen LogP contribution in [0.2, 0.25) is 5.15 Å². The summed E-state index contributed by atoms with van der Waals surface area (Å²) < 4.78 is 11.1. The van der Waals surface area contributed by atoms with E-state index in [1.165, 1.54) is 0 Å². The Kier molecular flexibility index (Phi) is 4.76. The van der Waals surface area contributed by atoms with Crippen LogP contribution in [0.15, 0.2) is 6.07 Å². The van der Waals surface area contributed by atoms with Gasteiger partial charge in [-0.25, -0.2) is 9.97 Å². The summed E-state index contributed by atoms with van der Waals surface area (Å²) in [6.45, 7) is 5.67. The summed E-state index contributed by atoms with van der Waals surface area (Å²) in [6.07, 6.45) is 2.43. The summed E-state index contributed by atoms with van der Waals surface area (Å²) >= 11 is 6.13. The largest absolute Gasteiger partial charge is 0.381 e. The van der Waals surface area contributed by atoms with Crippen LogP contribution in [0.5, 0.6) is 0 Å². The third-order valence-electron chi connectivity index (χ3n) is 3.46. The average Bonchev–Trinajstić information content (AvgIpc) is 2.38. The maximum atomic E-state index is 6.13. The van der Waals surface area contributed by atoms with E-state index in [0.717, 1.165) is 25.0 Å². The lowest BCUT2D eigenvalue weighted by Crippen LogP contribution is -2.37. The van der Waals surface area contributed by atoms with Crippen LogP contribution in [-0.2, 0) is 21.5 Å². The molecule has 0 aliphatic carbocycles. The second-order valence-corrected chi connectivity index (χ2v) is 5.80. The Morgan fingerprint density at radius 3 is 2.63 bits per heavy atom. The molecule has 0 bridgehead atoms. The number of methoxy groups -OCH3 is 1. The maximum absolute atomic E-state index is 6.13. The second-order valence-electron chi connectivity index (χ2n) is 5.41. The summed E-state index contributed by atoms with van der Waals surface area (Å²) in [5.74, 6) is 1.23. The molecule has 4 nitrogen and oxygen atoms in total. The number of halogens is 1. The highest BCUT2D eigenvalue weighted by Crippen LogP contribution is 2.34. The molecule has 0 N–H and O–H groups in total. The minimum atomic E-state index is -0.450. The van der Waals surface area contributed by atoms with Gasteiger partial charge < -0.3 is 9.47 Å². The zero-order valence-electron chi connectivity index (χ0n) is 11.8. The van der Waals surface area contributed by atoms with E-state index in [9.17, 15) is 0 Å². The normalized spacial score (nSPS) is 18.8. The highest BCUT2D eigenvalue weighted by atomic mass is 35.5. The second kappa shape index (κ2) is 6.16. The molecular formula is C14H21ClN2O2. The minimum absolute atomic E-state index is 0.450. The van der Waals surface area contributed by atoms with Gasteiger partial charge in [-0.3, -0.25) is 0 Å². The van der Waals surface area contributed by atoms with Gasteiger partial charge in [-0.15, -0.1) is 0 Å². The summed E-state index contributed by atoms with van der Waals surface area (Å²) in [7, 11) is 1.71. The molecule has 0 radical (unpaired) electrons. The molecule has 1 fully saturated rings. The molecule has 1 aliphatic heterocycles. The first kappa shape index (κ1) is 14.7. The molecule has 0 spiro atoms. The van der Waals surface area contributed by atoms with E-state index in [1.807, 2.05) is 6.07 Å². The van der Waals surface area contributed by atoms with Crippen LogP contribution in [0, 0.1) is 5.92 Å². The highest BCUT2D eigenvalue weighted by Gasteiger charge is 2.37. The van der Waals surface area contributed by atoms with Crippen molar-refractivity contribution in [3.05, 3.63) is 22.7 Å². The van der Waals surface area contributed by atoms with E-state index in [-0.39, 0.29) is 0 Å². The van der Waals surface area contributed by atoms with Crippen molar-refractivity contribution < 1.29 is 9.47 Å². The maximum Gasteiger partial charge on any atom is 0.162 e. The molecule has 1 aromatic heterocycles. The third kappa shape index (κ3) is 3.44. The molecule has 0 amide bonds. The Morgan fingerprint density at radius 1 is 1.37 bits per heavy atom. The van der Waals surface area contributed by atoms with E-state index < -0.39 is 5.60 Å². The Hall–Kier alpha value is -0.710. The van der Waals surface area contributed by atoms with Gasteiger partial charge in [0.2, 0.25) is 0 Å².